The van der Waals surface area contributed by atoms with Crippen LogP contribution in [0, 0.1) is 11.6 Å². The summed E-state index contributed by atoms with van der Waals surface area (Å²) < 4.78 is 26.8. The van der Waals surface area contributed by atoms with E-state index in [2.05, 4.69) is 16.8 Å². The van der Waals surface area contributed by atoms with E-state index < -0.39 is 11.6 Å². The van der Waals surface area contributed by atoms with Gasteiger partial charge in [-0.05, 0) is 43.3 Å². The standard InChI is InChI=1S/C16H19F2NS/c1-2-19-16(7-3-5-13-6-4-10-20-13)14-9-8-12(17)11-15(14)18/h4,6,8-11,16,19H,2-3,5,7H2,1H3. The predicted molar refractivity (Wildman–Crippen MR) is 80.0 cm³/mol. The Balaban J connectivity index is 1.98. The van der Waals surface area contributed by atoms with Crippen molar-refractivity contribution in [2.24, 2.45) is 0 Å². The highest BCUT2D eigenvalue weighted by atomic mass is 32.1. The molecule has 0 aliphatic heterocycles. The van der Waals surface area contributed by atoms with Crippen LogP contribution < -0.4 is 5.32 Å². The molecule has 0 bridgehead atoms. The molecule has 0 saturated heterocycles. The normalized spacial score (nSPS) is 12.6. The molecule has 1 nitrogen and oxygen atoms in total. The van der Waals surface area contributed by atoms with E-state index in [9.17, 15) is 8.78 Å². The van der Waals surface area contributed by atoms with E-state index in [1.54, 1.807) is 17.4 Å². The van der Waals surface area contributed by atoms with E-state index in [1.165, 1.54) is 10.9 Å². The van der Waals surface area contributed by atoms with Crippen LogP contribution in [0.3, 0.4) is 0 Å². The lowest BCUT2D eigenvalue weighted by molar-refractivity contribution is 0.469. The SMILES string of the molecule is CCNC(CCCc1cccs1)c1ccc(F)cc1F. The quantitative estimate of drug-likeness (QED) is 0.780. The smallest absolute Gasteiger partial charge is 0.130 e. The number of halogens is 2. The fourth-order valence-corrected chi connectivity index (χ4v) is 3.08. The van der Waals surface area contributed by atoms with Crippen LogP contribution in [0.4, 0.5) is 8.78 Å². The molecule has 0 aliphatic carbocycles. The average Bonchev–Trinajstić information content (AvgIpc) is 2.91. The summed E-state index contributed by atoms with van der Waals surface area (Å²) in [5, 5.41) is 5.35. The predicted octanol–water partition coefficient (Wildman–Crippen LogP) is 4.70. The van der Waals surface area contributed by atoms with Crippen LogP contribution in [0.15, 0.2) is 35.7 Å². The van der Waals surface area contributed by atoms with Gasteiger partial charge in [0.25, 0.3) is 0 Å². The highest BCUT2D eigenvalue weighted by molar-refractivity contribution is 7.09. The van der Waals surface area contributed by atoms with Crippen LogP contribution in [0.5, 0.6) is 0 Å². The summed E-state index contributed by atoms with van der Waals surface area (Å²) in [7, 11) is 0. The maximum atomic E-state index is 13.8. The van der Waals surface area contributed by atoms with Gasteiger partial charge >= 0.3 is 0 Å². The number of hydrogen-bond acceptors (Lipinski definition) is 2. The first-order valence-corrected chi connectivity index (χ1v) is 7.79. The number of aryl methyl sites for hydroxylation is 1. The van der Waals surface area contributed by atoms with Crippen LogP contribution >= 0.6 is 11.3 Å². The van der Waals surface area contributed by atoms with Crippen molar-refractivity contribution in [2.75, 3.05) is 6.54 Å². The minimum Gasteiger partial charge on any atom is -0.310 e. The third-order valence-electron chi connectivity index (χ3n) is 3.28. The summed E-state index contributed by atoms with van der Waals surface area (Å²) in [6.07, 6.45) is 2.83. The van der Waals surface area contributed by atoms with Gasteiger partial charge in [-0.25, -0.2) is 8.78 Å². The summed E-state index contributed by atoms with van der Waals surface area (Å²) in [5.41, 5.74) is 0.555. The monoisotopic (exact) mass is 295 g/mol. The van der Waals surface area contributed by atoms with Crippen molar-refractivity contribution >= 4 is 11.3 Å². The van der Waals surface area contributed by atoms with Gasteiger partial charge in [0.1, 0.15) is 11.6 Å². The summed E-state index contributed by atoms with van der Waals surface area (Å²) in [5.74, 6) is -0.993. The van der Waals surface area contributed by atoms with Gasteiger partial charge in [0.15, 0.2) is 0 Å². The van der Waals surface area contributed by atoms with Gasteiger partial charge in [-0.15, -0.1) is 11.3 Å². The Kier molecular flexibility index (Phi) is 5.68. The van der Waals surface area contributed by atoms with Crippen LogP contribution in [0.2, 0.25) is 0 Å². The summed E-state index contributed by atoms with van der Waals surface area (Å²) >= 11 is 1.74. The first kappa shape index (κ1) is 15.1. The Morgan fingerprint density at radius 3 is 2.75 bits per heavy atom. The molecule has 1 atom stereocenters. The van der Waals surface area contributed by atoms with Crippen LogP contribution in [0.25, 0.3) is 0 Å². The Morgan fingerprint density at radius 2 is 2.10 bits per heavy atom. The molecule has 1 aromatic heterocycles. The zero-order valence-corrected chi connectivity index (χ0v) is 12.4. The van der Waals surface area contributed by atoms with Gasteiger partial charge in [-0.1, -0.05) is 19.1 Å². The second-order valence-corrected chi connectivity index (χ2v) is 5.78. The molecule has 0 radical (unpaired) electrons. The Labute approximate surface area is 122 Å². The first-order chi connectivity index (χ1) is 9.70. The fourth-order valence-electron chi connectivity index (χ4n) is 2.33. The lowest BCUT2D eigenvalue weighted by Crippen LogP contribution is -2.22. The summed E-state index contributed by atoms with van der Waals surface area (Å²) in [4.78, 5) is 1.35. The zero-order chi connectivity index (χ0) is 14.4. The van der Waals surface area contributed by atoms with E-state index in [-0.39, 0.29) is 6.04 Å². The molecule has 1 N–H and O–H groups in total. The Hall–Kier alpha value is -1.26. The second kappa shape index (κ2) is 7.50. The summed E-state index contributed by atoms with van der Waals surface area (Å²) in [6.45, 7) is 2.76. The molecule has 20 heavy (non-hydrogen) atoms. The lowest BCUT2D eigenvalue weighted by atomic mass is 10.00. The van der Waals surface area contributed by atoms with Gasteiger partial charge < -0.3 is 5.32 Å². The largest absolute Gasteiger partial charge is 0.310 e. The van der Waals surface area contributed by atoms with E-state index in [1.807, 2.05) is 13.0 Å². The summed E-state index contributed by atoms with van der Waals surface area (Å²) in [6, 6.07) is 7.93. The van der Waals surface area contributed by atoms with Gasteiger partial charge in [0.05, 0.1) is 0 Å². The average molecular weight is 295 g/mol. The van der Waals surface area contributed by atoms with Crippen molar-refractivity contribution in [3.8, 4) is 0 Å². The lowest BCUT2D eigenvalue weighted by Gasteiger charge is -2.19. The van der Waals surface area contributed by atoms with E-state index in [0.717, 1.165) is 31.9 Å². The van der Waals surface area contributed by atoms with E-state index in [4.69, 9.17) is 0 Å². The minimum atomic E-state index is -0.528. The second-order valence-electron chi connectivity index (χ2n) is 4.75. The molecule has 108 valence electrons. The van der Waals surface area contributed by atoms with E-state index >= 15 is 0 Å². The maximum absolute atomic E-state index is 13.8. The van der Waals surface area contributed by atoms with Crippen molar-refractivity contribution in [3.63, 3.8) is 0 Å². The molecule has 2 rings (SSSR count). The topological polar surface area (TPSA) is 12.0 Å². The molecular formula is C16H19F2NS. The van der Waals surface area contributed by atoms with E-state index in [0.29, 0.717) is 5.56 Å². The third kappa shape index (κ3) is 4.12. The van der Waals surface area contributed by atoms with Gasteiger partial charge in [-0.3, -0.25) is 0 Å². The number of rotatable bonds is 7. The van der Waals surface area contributed by atoms with Gasteiger partial charge in [0, 0.05) is 22.5 Å². The zero-order valence-electron chi connectivity index (χ0n) is 11.5. The first-order valence-electron chi connectivity index (χ1n) is 6.91. The molecule has 0 saturated carbocycles. The van der Waals surface area contributed by atoms with Crippen molar-refractivity contribution in [3.05, 3.63) is 57.8 Å². The van der Waals surface area contributed by atoms with Crippen LogP contribution in [-0.4, -0.2) is 6.54 Å². The highest BCUT2D eigenvalue weighted by Gasteiger charge is 2.15. The van der Waals surface area contributed by atoms with Crippen LogP contribution in [0.1, 0.15) is 36.2 Å². The number of thiophene rings is 1. The third-order valence-corrected chi connectivity index (χ3v) is 4.22. The Bertz CT molecular complexity index is 525. The highest BCUT2D eigenvalue weighted by Crippen LogP contribution is 2.24. The molecule has 1 aromatic carbocycles. The van der Waals surface area contributed by atoms with Crippen molar-refractivity contribution in [1.29, 1.82) is 0 Å². The van der Waals surface area contributed by atoms with Crippen molar-refractivity contribution < 1.29 is 8.78 Å². The molecule has 0 aliphatic rings. The number of nitrogens with one attached hydrogen (secondary N) is 1. The number of hydrogen-bond donors (Lipinski definition) is 1. The molecular weight excluding hydrogens is 276 g/mol. The van der Waals surface area contributed by atoms with Gasteiger partial charge in [-0.2, -0.15) is 0 Å². The number of benzene rings is 1. The minimum absolute atomic E-state index is 0.0550. The van der Waals surface area contributed by atoms with Crippen molar-refractivity contribution in [2.45, 2.75) is 32.2 Å². The molecule has 4 heteroatoms. The maximum Gasteiger partial charge on any atom is 0.130 e. The van der Waals surface area contributed by atoms with Crippen LogP contribution in [-0.2, 0) is 6.42 Å². The molecule has 0 amide bonds. The molecule has 0 spiro atoms. The molecule has 0 fully saturated rings. The molecule has 2 aromatic rings. The molecule has 1 unspecified atom stereocenters. The van der Waals surface area contributed by atoms with Gasteiger partial charge in [0.2, 0.25) is 0 Å². The fraction of sp³-hybridized carbons (Fsp3) is 0.375. The Morgan fingerprint density at radius 1 is 1.25 bits per heavy atom. The van der Waals surface area contributed by atoms with Crippen molar-refractivity contribution in [1.82, 2.24) is 5.32 Å². The molecule has 1 heterocycles.